The van der Waals surface area contributed by atoms with E-state index in [0.29, 0.717) is 5.16 Å². The Morgan fingerprint density at radius 2 is 1.64 bits per heavy atom. The number of carbonyl (C=O) groups is 1. The lowest BCUT2D eigenvalue weighted by atomic mass is 10.2. The summed E-state index contributed by atoms with van der Waals surface area (Å²) in [4.78, 5) is 32.7. The third-order valence-corrected chi connectivity index (χ3v) is 5.58. The Morgan fingerprint density at radius 1 is 1.04 bits per heavy atom. The minimum atomic E-state index is -0.172. The van der Waals surface area contributed by atoms with Gasteiger partial charge in [0.25, 0.3) is 11.5 Å². The Balaban J connectivity index is 1.75. The minimum absolute atomic E-state index is 0.0426. The van der Waals surface area contributed by atoms with Crippen LogP contribution in [0.3, 0.4) is 0 Å². The summed E-state index contributed by atoms with van der Waals surface area (Å²) in [5, 5.41) is 0.597. The zero-order chi connectivity index (χ0) is 19.5. The van der Waals surface area contributed by atoms with Crippen LogP contribution in [0.5, 0.6) is 0 Å². The van der Waals surface area contributed by atoms with E-state index < -0.39 is 0 Å². The average molecular weight is 391 g/mol. The van der Waals surface area contributed by atoms with Crippen LogP contribution in [-0.4, -0.2) is 21.7 Å². The van der Waals surface area contributed by atoms with Crippen molar-refractivity contribution in [3.8, 4) is 0 Å². The summed E-state index contributed by atoms with van der Waals surface area (Å²) < 4.78 is 1.52. The van der Waals surface area contributed by atoms with Gasteiger partial charge in [0, 0.05) is 16.9 Å². The summed E-state index contributed by atoms with van der Waals surface area (Å²) >= 11 is 1.40. The number of benzene rings is 2. The number of aromatic nitrogens is 2. The summed E-state index contributed by atoms with van der Waals surface area (Å²) in [5.74, 6) is -0.172. The summed E-state index contributed by atoms with van der Waals surface area (Å²) in [6.07, 6.45) is 4.41. The van der Waals surface area contributed by atoms with Gasteiger partial charge in [-0.3, -0.25) is 19.1 Å². The molecule has 0 radical (unpaired) electrons. The van der Waals surface area contributed by atoms with E-state index >= 15 is 0 Å². The van der Waals surface area contributed by atoms with Crippen LogP contribution in [0.25, 0.3) is 0 Å². The number of aryl methyl sites for hydroxylation is 1. The maximum Gasteiger partial charge on any atom is 0.258 e. The monoisotopic (exact) mass is 391 g/mol. The predicted molar refractivity (Wildman–Crippen MR) is 112 cm³/mol. The van der Waals surface area contributed by atoms with Gasteiger partial charge in [0.1, 0.15) is 6.54 Å². The van der Waals surface area contributed by atoms with E-state index in [0.717, 1.165) is 41.9 Å². The molecule has 0 N–H and O–H groups in total. The molecule has 142 valence electrons. The van der Waals surface area contributed by atoms with Crippen molar-refractivity contribution >= 4 is 29.0 Å². The van der Waals surface area contributed by atoms with E-state index in [4.69, 9.17) is 0 Å². The highest BCUT2D eigenvalue weighted by Gasteiger charge is 2.24. The van der Waals surface area contributed by atoms with Gasteiger partial charge >= 0.3 is 0 Å². The second-order valence-electron chi connectivity index (χ2n) is 6.67. The molecule has 1 amide bonds. The van der Waals surface area contributed by atoms with Gasteiger partial charge in [-0.05, 0) is 49.8 Å². The first-order valence-corrected chi connectivity index (χ1v) is 10.5. The average Bonchev–Trinajstić information content (AvgIpc) is 3.20. The number of carbonyl (C=O) groups excluding carboxylic acids is 1. The Bertz CT molecular complexity index is 1010. The lowest BCUT2D eigenvalue weighted by Gasteiger charge is -2.24. The third-order valence-electron chi connectivity index (χ3n) is 4.91. The fourth-order valence-electron chi connectivity index (χ4n) is 3.60. The first-order valence-electron chi connectivity index (χ1n) is 9.28. The molecule has 1 heterocycles. The minimum Gasteiger partial charge on any atom is -0.280 e. The number of nitrogens with zero attached hydrogens (tertiary/aromatic N) is 3. The van der Waals surface area contributed by atoms with Crippen LogP contribution >= 0.6 is 11.8 Å². The molecule has 3 aromatic rings. The van der Waals surface area contributed by atoms with Gasteiger partial charge in [0.2, 0.25) is 0 Å². The largest absolute Gasteiger partial charge is 0.280 e. The van der Waals surface area contributed by atoms with Gasteiger partial charge in [-0.1, -0.05) is 48.2 Å². The first kappa shape index (κ1) is 18.5. The Kier molecular flexibility index (Phi) is 5.30. The van der Waals surface area contributed by atoms with Crippen LogP contribution in [0.15, 0.2) is 70.6 Å². The molecule has 0 fully saturated rings. The third kappa shape index (κ3) is 3.47. The molecule has 1 aliphatic rings. The van der Waals surface area contributed by atoms with Crippen molar-refractivity contribution in [3.05, 3.63) is 82.3 Å². The molecule has 0 spiro atoms. The highest BCUT2D eigenvalue weighted by Crippen LogP contribution is 2.26. The number of amides is 1. The lowest BCUT2D eigenvalue weighted by molar-refractivity contribution is -0.118. The number of para-hydroxylation sites is 2. The molecule has 0 bridgehead atoms. The van der Waals surface area contributed by atoms with Crippen LogP contribution in [0.2, 0.25) is 0 Å². The van der Waals surface area contributed by atoms with E-state index in [9.17, 15) is 9.59 Å². The van der Waals surface area contributed by atoms with E-state index in [1.807, 2.05) is 66.9 Å². The Labute approximate surface area is 168 Å². The highest BCUT2D eigenvalue weighted by molar-refractivity contribution is 7.98. The number of anilines is 2. The number of thioether (sulfide) groups is 1. The van der Waals surface area contributed by atoms with Crippen molar-refractivity contribution in [1.82, 2.24) is 9.55 Å². The predicted octanol–water partition coefficient (Wildman–Crippen LogP) is 3.82. The zero-order valence-corrected chi connectivity index (χ0v) is 16.5. The molecule has 6 heteroatoms. The van der Waals surface area contributed by atoms with Crippen LogP contribution in [0, 0.1) is 0 Å². The van der Waals surface area contributed by atoms with Crippen molar-refractivity contribution in [2.24, 2.45) is 0 Å². The van der Waals surface area contributed by atoms with Gasteiger partial charge in [0.15, 0.2) is 5.16 Å². The molecular weight excluding hydrogens is 370 g/mol. The van der Waals surface area contributed by atoms with Crippen molar-refractivity contribution in [2.75, 3.05) is 11.2 Å². The lowest BCUT2D eigenvalue weighted by Crippen LogP contribution is -2.36. The van der Waals surface area contributed by atoms with Gasteiger partial charge < -0.3 is 0 Å². The van der Waals surface area contributed by atoms with E-state index in [1.54, 1.807) is 4.90 Å². The van der Waals surface area contributed by atoms with E-state index in [1.165, 1.54) is 16.3 Å². The molecule has 0 saturated heterocycles. The van der Waals surface area contributed by atoms with Crippen LogP contribution in [0.1, 0.15) is 17.7 Å². The van der Waals surface area contributed by atoms with Crippen molar-refractivity contribution in [1.29, 1.82) is 0 Å². The fourth-order valence-corrected chi connectivity index (χ4v) is 4.17. The number of hydrogen-bond donors (Lipinski definition) is 0. The van der Waals surface area contributed by atoms with Crippen molar-refractivity contribution in [2.45, 2.75) is 31.0 Å². The van der Waals surface area contributed by atoms with E-state index in [-0.39, 0.29) is 18.0 Å². The maximum absolute atomic E-state index is 13.4. The second-order valence-corrected chi connectivity index (χ2v) is 7.44. The number of rotatable bonds is 5. The zero-order valence-electron chi connectivity index (χ0n) is 15.7. The molecule has 1 aliphatic carbocycles. The fraction of sp³-hybridized carbons (Fsp3) is 0.227. The van der Waals surface area contributed by atoms with E-state index in [2.05, 4.69) is 4.98 Å². The molecule has 4 rings (SSSR count). The van der Waals surface area contributed by atoms with Crippen LogP contribution in [0.4, 0.5) is 11.4 Å². The van der Waals surface area contributed by atoms with Crippen LogP contribution < -0.4 is 10.5 Å². The molecule has 0 unspecified atom stereocenters. The molecule has 2 aromatic carbocycles. The maximum atomic E-state index is 13.4. The molecule has 5 nitrogen and oxygen atoms in total. The molecular formula is C22H21N3O2S. The molecule has 0 aliphatic heterocycles. The molecule has 28 heavy (non-hydrogen) atoms. The second kappa shape index (κ2) is 8.02. The molecule has 0 saturated carbocycles. The summed E-state index contributed by atoms with van der Waals surface area (Å²) in [5.41, 5.74) is 3.11. The van der Waals surface area contributed by atoms with Gasteiger partial charge in [-0.25, -0.2) is 4.98 Å². The number of fused-ring (bicyclic) bond motifs is 1. The SMILES string of the molecule is CSc1nc2c(c(=O)n1CC(=O)N(c1ccccc1)c1ccccc1)CCC2. The summed E-state index contributed by atoms with van der Waals surface area (Å²) in [7, 11) is 0. The quantitative estimate of drug-likeness (QED) is 0.490. The molecule has 1 aromatic heterocycles. The Hall–Kier alpha value is -2.86. The molecule has 0 atom stereocenters. The number of hydrogen-bond acceptors (Lipinski definition) is 4. The first-order chi connectivity index (χ1) is 13.7. The van der Waals surface area contributed by atoms with Gasteiger partial charge in [-0.2, -0.15) is 0 Å². The standard InChI is InChI=1S/C22H21N3O2S/c1-28-22-23-19-14-8-13-18(19)21(27)24(22)15-20(26)25(16-9-4-2-5-10-16)17-11-6-3-7-12-17/h2-7,9-12H,8,13-15H2,1H3. The summed E-state index contributed by atoms with van der Waals surface area (Å²) in [6, 6.07) is 19.0. The topological polar surface area (TPSA) is 55.2 Å². The van der Waals surface area contributed by atoms with Gasteiger partial charge in [0.05, 0.1) is 5.69 Å². The highest BCUT2D eigenvalue weighted by atomic mass is 32.2. The van der Waals surface area contributed by atoms with Crippen molar-refractivity contribution < 1.29 is 4.79 Å². The summed E-state index contributed by atoms with van der Waals surface area (Å²) in [6.45, 7) is -0.0426. The van der Waals surface area contributed by atoms with Crippen LogP contribution in [-0.2, 0) is 24.2 Å². The van der Waals surface area contributed by atoms with Crippen molar-refractivity contribution in [3.63, 3.8) is 0 Å². The Morgan fingerprint density at radius 3 is 2.21 bits per heavy atom. The van der Waals surface area contributed by atoms with Gasteiger partial charge in [-0.15, -0.1) is 0 Å². The normalized spacial score (nSPS) is 12.6. The smallest absolute Gasteiger partial charge is 0.258 e.